The van der Waals surface area contributed by atoms with Crippen LogP contribution < -0.4 is 20.3 Å². The molecule has 0 amide bonds. The van der Waals surface area contributed by atoms with Crippen LogP contribution in [0.5, 0.6) is 11.5 Å². The highest BCUT2D eigenvalue weighted by Gasteiger charge is 2.20. The Hall–Kier alpha value is -3.47. The van der Waals surface area contributed by atoms with Crippen LogP contribution in [0, 0.1) is 0 Å². The van der Waals surface area contributed by atoms with E-state index < -0.39 is 0 Å². The zero-order valence-electron chi connectivity index (χ0n) is 30.2. The zero-order valence-corrected chi connectivity index (χ0v) is 30.2. The third-order valence-electron chi connectivity index (χ3n) is 8.75. The molecule has 0 bridgehead atoms. The van der Waals surface area contributed by atoms with Crippen LogP contribution in [-0.4, -0.2) is 17.8 Å². The average Bonchev–Trinajstić information content (AvgIpc) is 3.07. The van der Waals surface area contributed by atoms with E-state index in [-0.39, 0.29) is 5.56 Å². The summed E-state index contributed by atoms with van der Waals surface area (Å²) in [7, 11) is 0. The molecular formula is C42H62N2O3. The topological polar surface area (TPSA) is 52.5 Å². The number of anilines is 1. The molecule has 0 spiro atoms. The average molecular weight is 643 g/mol. The van der Waals surface area contributed by atoms with E-state index in [0.717, 1.165) is 55.1 Å². The van der Waals surface area contributed by atoms with Crippen LogP contribution in [0.2, 0.25) is 0 Å². The molecule has 0 saturated carbocycles. The molecule has 3 aromatic rings. The molecule has 0 atom stereocenters. The first-order valence-electron chi connectivity index (χ1n) is 18.5. The van der Waals surface area contributed by atoms with Crippen molar-refractivity contribution in [3.05, 3.63) is 87.7 Å². The maximum atomic E-state index is 14.3. The second-order valence-corrected chi connectivity index (χ2v) is 13.3. The van der Waals surface area contributed by atoms with Crippen LogP contribution in [0.15, 0.2) is 76.6 Å². The number of unbranched alkanes of at least 4 members (excludes halogenated alkanes) is 10. The van der Waals surface area contributed by atoms with Crippen molar-refractivity contribution < 1.29 is 9.47 Å². The maximum Gasteiger partial charge on any atom is 0.297 e. The van der Waals surface area contributed by atoms with Gasteiger partial charge in [0.2, 0.25) is 5.75 Å². The first kappa shape index (κ1) is 38.0. The Labute approximate surface area is 285 Å². The first-order valence-corrected chi connectivity index (χ1v) is 18.5. The summed E-state index contributed by atoms with van der Waals surface area (Å²) in [6, 6.07) is 16.7. The summed E-state index contributed by atoms with van der Waals surface area (Å²) in [4.78, 5) is 14.3. The molecule has 0 aliphatic rings. The van der Waals surface area contributed by atoms with Gasteiger partial charge < -0.3 is 19.4 Å². The number of hydrogen-bond donors (Lipinski definition) is 1. The molecule has 0 saturated heterocycles. The van der Waals surface area contributed by atoms with E-state index in [9.17, 15) is 4.79 Å². The van der Waals surface area contributed by atoms with Gasteiger partial charge in [-0.2, -0.15) is 0 Å². The third-order valence-corrected chi connectivity index (χ3v) is 8.75. The van der Waals surface area contributed by atoms with Gasteiger partial charge in [-0.1, -0.05) is 126 Å². The smallest absolute Gasteiger partial charge is 0.297 e. The van der Waals surface area contributed by atoms with Gasteiger partial charge in [0.15, 0.2) is 5.75 Å². The van der Waals surface area contributed by atoms with E-state index >= 15 is 0 Å². The van der Waals surface area contributed by atoms with Crippen molar-refractivity contribution in [3.63, 3.8) is 0 Å². The maximum absolute atomic E-state index is 14.3. The minimum Gasteiger partial charge on any atom is -0.485 e. The number of allylic oxidation sites excluding steroid dienone is 3. The molecule has 258 valence electrons. The van der Waals surface area contributed by atoms with Crippen molar-refractivity contribution in [2.75, 3.05) is 18.5 Å². The van der Waals surface area contributed by atoms with Gasteiger partial charge in [0, 0.05) is 24.2 Å². The lowest BCUT2D eigenvalue weighted by atomic mass is 10.1. The first-order chi connectivity index (χ1) is 22.9. The van der Waals surface area contributed by atoms with E-state index in [1.807, 2.05) is 10.6 Å². The lowest BCUT2D eigenvalue weighted by Gasteiger charge is -2.19. The molecular weight excluding hydrogens is 580 g/mol. The van der Waals surface area contributed by atoms with Gasteiger partial charge in [-0.05, 0) is 76.3 Å². The van der Waals surface area contributed by atoms with Gasteiger partial charge in [-0.3, -0.25) is 4.79 Å². The molecule has 2 aromatic carbocycles. The van der Waals surface area contributed by atoms with Crippen molar-refractivity contribution in [2.24, 2.45) is 0 Å². The van der Waals surface area contributed by atoms with E-state index in [1.54, 1.807) is 0 Å². The molecule has 0 radical (unpaired) electrons. The number of aromatic nitrogens is 1. The molecule has 1 heterocycles. The predicted octanol–water partition coefficient (Wildman–Crippen LogP) is 11.8. The molecule has 5 heteroatoms. The quantitative estimate of drug-likeness (QED) is 0.0780. The van der Waals surface area contributed by atoms with Crippen LogP contribution in [0.25, 0.3) is 10.9 Å². The van der Waals surface area contributed by atoms with E-state index in [1.165, 1.54) is 68.1 Å². The Balaban J connectivity index is 1.94. The summed E-state index contributed by atoms with van der Waals surface area (Å²) in [5.74, 6) is 0.927. The van der Waals surface area contributed by atoms with Crippen LogP contribution >= 0.6 is 0 Å². The normalized spacial score (nSPS) is 11.6. The number of hydrogen-bond acceptors (Lipinski definition) is 4. The second kappa shape index (κ2) is 22.2. The number of nitrogens with one attached hydrogen (secondary N) is 1. The monoisotopic (exact) mass is 642 g/mol. The molecule has 5 nitrogen and oxygen atoms in total. The van der Waals surface area contributed by atoms with Gasteiger partial charge in [0.25, 0.3) is 5.56 Å². The standard InChI is InChI=1S/C42H62N2O3/c1-6-8-10-12-14-19-29-44-39-32-37(43-33-36-24-17-16-18-25-36)26-27-38(39)40(47-31-28-35(5)23-21-22-34(3)4)41(42(44)45)46-30-20-15-13-11-9-7-2/h16-18,22,24-28,32,43H,6-15,19-21,23,29-31,33H2,1-5H3. The Morgan fingerprint density at radius 2 is 1.45 bits per heavy atom. The Bertz CT molecular complexity index is 1430. The molecule has 1 N–H and O–H groups in total. The van der Waals surface area contributed by atoms with Crippen molar-refractivity contribution in [1.29, 1.82) is 0 Å². The summed E-state index contributed by atoms with van der Waals surface area (Å²) in [5, 5.41) is 4.50. The number of nitrogens with zero attached hydrogens (tertiary/aromatic N) is 1. The Morgan fingerprint density at radius 1 is 0.766 bits per heavy atom. The molecule has 0 aliphatic heterocycles. The van der Waals surface area contributed by atoms with Crippen molar-refractivity contribution in [3.8, 4) is 11.5 Å². The number of pyridine rings is 1. The number of ether oxygens (including phenoxy) is 2. The highest BCUT2D eigenvalue weighted by molar-refractivity contribution is 5.90. The fourth-order valence-corrected chi connectivity index (χ4v) is 5.87. The van der Waals surface area contributed by atoms with Crippen LogP contribution in [0.4, 0.5) is 5.69 Å². The van der Waals surface area contributed by atoms with Gasteiger partial charge >= 0.3 is 0 Å². The van der Waals surface area contributed by atoms with E-state index in [4.69, 9.17) is 9.47 Å². The summed E-state index contributed by atoms with van der Waals surface area (Å²) in [6.45, 7) is 13.2. The lowest BCUT2D eigenvalue weighted by molar-refractivity contribution is 0.271. The summed E-state index contributed by atoms with van der Waals surface area (Å²) in [6.07, 6.45) is 20.5. The van der Waals surface area contributed by atoms with Gasteiger partial charge in [0.05, 0.1) is 12.1 Å². The molecule has 0 unspecified atom stereocenters. The molecule has 47 heavy (non-hydrogen) atoms. The predicted molar refractivity (Wildman–Crippen MR) is 202 cm³/mol. The fraction of sp³-hybridized carbons (Fsp3) is 0.548. The van der Waals surface area contributed by atoms with Crippen molar-refractivity contribution >= 4 is 16.6 Å². The minimum absolute atomic E-state index is 0.0866. The molecule has 3 rings (SSSR count). The van der Waals surface area contributed by atoms with Gasteiger partial charge in [0.1, 0.15) is 6.61 Å². The number of aryl methyl sites for hydroxylation is 1. The summed E-state index contributed by atoms with van der Waals surface area (Å²) >= 11 is 0. The van der Waals surface area contributed by atoms with Gasteiger partial charge in [-0.25, -0.2) is 0 Å². The Kier molecular flexibility index (Phi) is 17.9. The van der Waals surface area contributed by atoms with Crippen LogP contribution in [0.3, 0.4) is 0 Å². The van der Waals surface area contributed by atoms with Crippen molar-refractivity contribution in [2.45, 2.75) is 138 Å². The van der Waals surface area contributed by atoms with E-state index in [2.05, 4.69) is 94.6 Å². The van der Waals surface area contributed by atoms with Crippen LogP contribution in [0.1, 0.15) is 130 Å². The minimum atomic E-state index is -0.0866. The highest BCUT2D eigenvalue weighted by Crippen LogP contribution is 2.35. The zero-order chi connectivity index (χ0) is 33.7. The Morgan fingerprint density at radius 3 is 2.15 bits per heavy atom. The SMILES string of the molecule is CCCCCCCCOc1c(OCC=C(C)CCC=C(C)C)c2ccc(NCc3ccccc3)cc2n(CCCCCCCC)c1=O. The second-order valence-electron chi connectivity index (χ2n) is 13.3. The number of benzene rings is 2. The summed E-state index contributed by atoms with van der Waals surface area (Å²) in [5.41, 5.74) is 5.63. The number of fused-ring (bicyclic) bond motifs is 1. The summed E-state index contributed by atoms with van der Waals surface area (Å²) < 4.78 is 14.8. The van der Waals surface area contributed by atoms with Crippen LogP contribution in [-0.2, 0) is 13.1 Å². The highest BCUT2D eigenvalue weighted by atomic mass is 16.5. The third kappa shape index (κ3) is 13.7. The lowest BCUT2D eigenvalue weighted by Crippen LogP contribution is -2.24. The van der Waals surface area contributed by atoms with E-state index in [0.29, 0.717) is 37.8 Å². The molecule has 1 aromatic heterocycles. The largest absolute Gasteiger partial charge is 0.485 e. The fourth-order valence-electron chi connectivity index (χ4n) is 5.87. The number of rotatable bonds is 24. The van der Waals surface area contributed by atoms with Crippen molar-refractivity contribution in [1.82, 2.24) is 4.57 Å². The molecule has 0 aliphatic carbocycles. The molecule has 0 fully saturated rings. The van der Waals surface area contributed by atoms with Gasteiger partial charge in [-0.15, -0.1) is 0 Å².